The van der Waals surface area contributed by atoms with E-state index in [1.165, 1.54) is 12.1 Å². The smallest absolute Gasteiger partial charge is 0.325 e. The van der Waals surface area contributed by atoms with Crippen molar-refractivity contribution in [2.75, 3.05) is 16.9 Å². The maximum absolute atomic E-state index is 12.9. The van der Waals surface area contributed by atoms with Crippen LogP contribution in [0, 0.1) is 5.92 Å². The van der Waals surface area contributed by atoms with Crippen molar-refractivity contribution in [2.45, 2.75) is 36.3 Å². The van der Waals surface area contributed by atoms with Gasteiger partial charge in [-0.1, -0.05) is 35.8 Å². The van der Waals surface area contributed by atoms with Crippen LogP contribution in [-0.2, 0) is 21.1 Å². The lowest BCUT2D eigenvalue weighted by Gasteiger charge is -2.14. The van der Waals surface area contributed by atoms with Crippen LogP contribution in [0.4, 0.5) is 15.6 Å². The molecule has 2 aromatic rings. The van der Waals surface area contributed by atoms with Gasteiger partial charge in [0.15, 0.2) is 20.8 Å². The third-order valence-corrected chi connectivity index (χ3v) is 7.87. The van der Waals surface area contributed by atoms with Crippen molar-refractivity contribution in [3.05, 3.63) is 34.5 Å². The Balaban J connectivity index is 1.81. The Morgan fingerprint density at radius 2 is 1.90 bits per heavy atom. The topological polar surface area (TPSA) is 143 Å². The van der Waals surface area contributed by atoms with Gasteiger partial charge in [0, 0.05) is 22.8 Å². The first kappa shape index (κ1) is 23.2. The fourth-order valence-electron chi connectivity index (χ4n) is 3.42. The molecule has 0 radical (unpaired) electrons. The van der Waals surface area contributed by atoms with Crippen LogP contribution in [0.2, 0.25) is 5.02 Å². The summed E-state index contributed by atoms with van der Waals surface area (Å²) in [4.78, 5) is 40.3. The highest BCUT2D eigenvalue weighted by Crippen LogP contribution is 2.32. The van der Waals surface area contributed by atoms with E-state index < -0.39 is 28.3 Å². The van der Waals surface area contributed by atoms with Gasteiger partial charge in [0.2, 0.25) is 0 Å². The lowest BCUT2D eigenvalue weighted by molar-refractivity contribution is -0.136. The zero-order valence-corrected chi connectivity index (χ0v) is 18.9. The Hall–Kier alpha value is -2.50. The predicted octanol–water partition coefficient (Wildman–Crippen LogP) is 3.84. The van der Waals surface area contributed by atoms with E-state index in [1.807, 2.05) is 0 Å². The molecule has 12 heteroatoms. The number of aromatic nitrogens is 1. The zero-order valence-electron chi connectivity index (χ0n) is 16.5. The summed E-state index contributed by atoms with van der Waals surface area (Å²) in [7, 11) is -3.72. The predicted molar refractivity (Wildman–Crippen MR) is 117 cm³/mol. The molecule has 1 aliphatic carbocycles. The summed E-state index contributed by atoms with van der Waals surface area (Å²) in [6, 6.07) is 3.81. The molecule has 1 aromatic carbocycles. The minimum atomic E-state index is -3.72. The lowest BCUT2D eigenvalue weighted by Crippen LogP contribution is -2.22. The number of hydrogen-bond donors (Lipinski definition) is 3. The molecule has 1 aliphatic rings. The third-order valence-electron chi connectivity index (χ3n) is 4.76. The molecule has 166 valence electrons. The SMILES string of the molecule is CS(=O)(=O)c1sc(NC(=O)Nc2ccc(Cl)cc2C(=O)C2CCCC2)nc1CC(=O)O. The van der Waals surface area contributed by atoms with E-state index >= 15 is 0 Å². The number of ketones is 1. The summed E-state index contributed by atoms with van der Waals surface area (Å²) in [5.74, 6) is -1.45. The highest BCUT2D eigenvalue weighted by Gasteiger charge is 2.27. The Bertz CT molecular complexity index is 1140. The lowest BCUT2D eigenvalue weighted by atomic mass is 9.95. The summed E-state index contributed by atoms with van der Waals surface area (Å²) < 4.78 is 23.6. The quantitative estimate of drug-likeness (QED) is 0.505. The summed E-state index contributed by atoms with van der Waals surface area (Å²) in [6.07, 6.45) is 3.87. The Labute approximate surface area is 187 Å². The number of rotatable bonds is 7. The van der Waals surface area contributed by atoms with Crippen molar-refractivity contribution < 1.29 is 27.9 Å². The van der Waals surface area contributed by atoms with Crippen LogP contribution in [-0.4, -0.2) is 42.5 Å². The average molecular weight is 486 g/mol. The van der Waals surface area contributed by atoms with Crippen LogP contribution in [0.15, 0.2) is 22.4 Å². The number of sulfone groups is 1. The van der Waals surface area contributed by atoms with E-state index in [2.05, 4.69) is 15.6 Å². The number of Topliss-reactive ketones (excluding diaryl/α,β-unsaturated/α-hetero) is 1. The number of benzene rings is 1. The fourth-order valence-corrected chi connectivity index (χ4v) is 5.69. The molecule has 2 amide bonds. The van der Waals surface area contributed by atoms with Gasteiger partial charge >= 0.3 is 12.0 Å². The minimum Gasteiger partial charge on any atom is -0.481 e. The molecular formula is C19H20ClN3O6S2. The van der Waals surface area contributed by atoms with E-state index in [0.29, 0.717) is 21.9 Å². The van der Waals surface area contributed by atoms with Crippen LogP contribution < -0.4 is 10.6 Å². The standard InChI is InChI=1S/C19H20ClN3O6S2/c1-31(28,29)17-14(9-15(24)25)22-19(30-17)23-18(27)21-13-7-6-11(20)8-12(13)16(26)10-4-2-3-5-10/h6-8,10H,2-5,9H2,1H3,(H,24,25)(H2,21,22,23,27). The zero-order chi connectivity index (χ0) is 22.8. The van der Waals surface area contributed by atoms with E-state index in [9.17, 15) is 22.8 Å². The number of carboxylic acids is 1. The highest BCUT2D eigenvalue weighted by molar-refractivity contribution is 7.92. The van der Waals surface area contributed by atoms with Crippen molar-refractivity contribution in [1.29, 1.82) is 0 Å². The minimum absolute atomic E-state index is 0.0770. The maximum Gasteiger partial charge on any atom is 0.325 e. The normalized spacial score (nSPS) is 14.4. The average Bonchev–Trinajstić information content (AvgIpc) is 3.32. The second kappa shape index (κ2) is 9.33. The number of carbonyl (C=O) groups is 3. The van der Waals surface area contributed by atoms with E-state index in [0.717, 1.165) is 31.9 Å². The molecule has 0 aliphatic heterocycles. The van der Waals surface area contributed by atoms with Crippen LogP contribution in [0.3, 0.4) is 0 Å². The highest BCUT2D eigenvalue weighted by atomic mass is 35.5. The fraction of sp³-hybridized carbons (Fsp3) is 0.368. The first-order chi connectivity index (χ1) is 14.5. The molecule has 31 heavy (non-hydrogen) atoms. The molecule has 0 spiro atoms. The summed E-state index contributed by atoms with van der Waals surface area (Å²) in [5, 5.41) is 14.2. The van der Waals surface area contributed by atoms with Crippen LogP contribution in [0.5, 0.6) is 0 Å². The molecule has 1 aromatic heterocycles. The molecule has 1 fully saturated rings. The van der Waals surface area contributed by atoms with Crippen LogP contribution in [0.25, 0.3) is 0 Å². The number of hydrogen-bond acceptors (Lipinski definition) is 7. The number of anilines is 2. The van der Waals surface area contributed by atoms with Gasteiger partial charge in [-0.25, -0.2) is 18.2 Å². The van der Waals surface area contributed by atoms with E-state index in [4.69, 9.17) is 16.7 Å². The molecule has 1 heterocycles. The number of nitrogens with zero attached hydrogens (tertiary/aromatic N) is 1. The number of halogens is 1. The third kappa shape index (κ3) is 5.81. The monoisotopic (exact) mass is 485 g/mol. The van der Waals surface area contributed by atoms with Crippen molar-refractivity contribution >= 4 is 61.4 Å². The second-order valence-electron chi connectivity index (χ2n) is 7.21. The van der Waals surface area contributed by atoms with E-state index in [-0.39, 0.29) is 32.4 Å². The molecule has 3 N–H and O–H groups in total. The largest absolute Gasteiger partial charge is 0.481 e. The number of nitrogens with one attached hydrogen (secondary N) is 2. The number of carboxylic acid groups (broad SMARTS) is 1. The molecule has 0 atom stereocenters. The van der Waals surface area contributed by atoms with Crippen molar-refractivity contribution in [2.24, 2.45) is 5.92 Å². The summed E-state index contributed by atoms with van der Waals surface area (Å²) >= 11 is 6.70. The van der Waals surface area contributed by atoms with Gasteiger partial charge in [0.05, 0.1) is 17.8 Å². The molecular weight excluding hydrogens is 466 g/mol. The van der Waals surface area contributed by atoms with Gasteiger partial charge in [-0.3, -0.25) is 14.9 Å². The van der Waals surface area contributed by atoms with Gasteiger partial charge < -0.3 is 10.4 Å². The first-order valence-electron chi connectivity index (χ1n) is 9.38. The van der Waals surface area contributed by atoms with Gasteiger partial charge in [0.25, 0.3) is 0 Å². The first-order valence-corrected chi connectivity index (χ1v) is 12.5. The molecule has 1 saturated carbocycles. The number of urea groups is 1. The van der Waals surface area contributed by atoms with Crippen LogP contribution in [0.1, 0.15) is 41.7 Å². The number of thiazole rings is 1. The van der Waals surface area contributed by atoms with Crippen molar-refractivity contribution in [1.82, 2.24) is 4.98 Å². The molecule has 0 bridgehead atoms. The van der Waals surface area contributed by atoms with Gasteiger partial charge in [-0.2, -0.15) is 0 Å². The summed E-state index contributed by atoms with van der Waals surface area (Å²) in [6.45, 7) is 0. The van der Waals surface area contributed by atoms with Gasteiger partial charge in [-0.05, 0) is 31.0 Å². The van der Waals surface area contributed by atoms with Crippen molar-refractivity contribution in [3.63, 3.8) is 0 Å². The molecule has 3 rings (SSSR count). The molecule has 9 nitrogen and oxygen atoms in total. The Kier molecular flexibility index (Phi) is 6.97. The number of carbonyl (C=O) groups excluding carboxylic acids is 2. The maximum atomic E-state index is 12.9. The van der Waals surface area contributed by atoms with E-state index in [1.54, 1.807) is 6.07 Å². The van der Waals surface area contributed by atoms with Crippen molar-refractivity contribution in [3.8, 4) is 0 Å². The Morgan fingerprint density at radius 1 is 1.23 bits per heavy atom. The number of amides is 2. The second-order valence-corrected chi connectivity index (χ2v) is 10.9. The summed E-state index contributed by atoms with van der Waals surface area (Å²) in [5.41, 5.74) is 0.417. The molecule has 0 saturated heterocycles. The Morgan fingerprint density at radius 3 is 2.52 bits per heavy atom. The number of aliphatic carboxylic acids is 1. The molecule has 0 unspecified atom stereocenters. The van der Waals surface area contributed by atoms with Crippen LogP contribution >= 0.6 is 22.9 Å². The van der Waals surface area contributed by atoms with Gasteiger partial charge in [0.1, 0.15) is 4.21 Å². The van der Waals surface area contributed by atoms with Gasteiger partial charge in [-0.15, -0.1) is 0 Å².